The maximum absolute atomic E-state index is 14.1. The summed E-state index contributed by atoms with van der Waals surface area (Å²) in [6.45, 7) is 3.83. The van der Waals surface area contributed by atoms with Gasteiger partial charge in [0.05, 0.1) is 22.0 Å². The highest BCUT2D eigenvalue weighted by Gasteiger charge is 2.67. The van der Waals surface area contributed by atoms with Crippen LogP contribution in [0.1, 0.15) is 47.6 Å². The number of nitrogens with zero attached hydrogens (tertiary/aromatic N) is 4. The fourth-order valence-corrected chi connectivity index (χ4v) is 7.04. The molecule has 8 nitrogen and oxygen atoms in total. The first-order valence-electron chi connectivity index (χ1n) is 14.4. The van der Waals surface area contributed by atoms with Crippen molar-refractivity contribution in [2.45, 2.75) is 62.6 Å². The van der Waals surface area contributed by atoms with E-state index in [1.165, 1.54) is 12.4 Å². The van der Waals surface area contributed by atoms with E-state index < -0.39 is 33.4 Å². The van der Waals surface area contributed by atoms with Crippen LogP contribution in [0, 0.1) is 19.3 Å². The molecule has 0 radical (unpaired) electrons. The Morgan fingerprint density at radius 3 is 2.39 bits per heavy atom. The highest BCUT2D eigenvalue weighted by molar-refractivity contribution is 7.90. The van der Waals surface area contributed by atoms with Gasteiger partial charge in [0, 0.05) is 42.2 Å². The third kappa shape index (κ3) is 6.37. The number of aromatic nitrogens is 3. The van der Waals surface area contributed by atoms with Gasteiger partial charge in [0.25, 0.3) is 10.0 Å². The second-order valence-electron chi connectivity index (χ2n) is 12.0. The normalized spacial score (nSPS) is 16.2. The lowest BCUT2D eigenvalue weighted by Crippen LogP contribution is -2.42. The Hall–Kier alpha value is -3.77. The zero-order valence-electron chi connectivity index (χ0n) is 25.1. The molecule has 2 atom stereocenters. The first kappa shape index (κ1) is 31.6. The molecule has 0 spiro atoms. The third-order valence-corrected chi connectivity index (χ3v) is 10.2. The summed E-state index contributed by atoms with van der Waals surface area (Å²) in [5.41, 5.74) is 1.48. The van der Waals surface area contributed by atoms with Crippen LogP contribution in [0.4, 0.5) is 13.2 Å². The zero-order valence-corrected chi connectivity index (χ0v) is 25.9. The van der Waals surface area contributed by atoms with Crippen molar-refractivity contribution in [3.05, 3.63) is 89.4 Å². The van der Waals surface area contributed by atoms with Crippen molar-refractivity contribution in [1.29, 1.82) is 0 Å². The van der Waals surface area contributed by atoms with Crippen molar-refractivity contribution in [2.75, 3.05) is 20.6 Å². The molecule has 0 unspecified atom stereocenters. The topological polar surface area (TPSA) is 97.2 Å². The lowest BCUT2D eigenvalue weighted by molar-refractivity contribution is -0.194. The summed E-state index contributed by atoms with van der Waals surface area (Å²) in [7, 11) is -0.143. The number of hydrogen-bond acceptors (Lipinski definition) is 6. The second-order valence-corrected chi connectivity index (χ2v) is 13.7. The van der Waals surface area contributed by atoms with E-state index in [4.69, 9.17) is 0 Å². The number of hydrogen-bond donors (Lipinski definition) is 1. The lowest BCUT2D eigenvalue weighted by atomic mass is 9.80. The quantitative estimate of drug-likeness (QED) is 0.240. The molecule has 2 aromatic carbocycles. The molecule has 0 aliphatic heterocycles. The van der Waals surface area contributed by atoms with Gasteiger partial charge in [-0.25, -0.2) is 0 Å². The monoisotopic (exact) mass is 627 g/mol. The van der Waals surface area contributed by atoms with Crippen LogP contribution < -0.4 is 5.32 Å². The van der Waals surface area contributed by atoms with Gasteiger partial charge in [-0.05, 0) is 94.7 Å². The van der Waals surface area contributed by atoms with Crippen molar-refractivity contribution in [2.24, 2.45) is 5.41 Å². The number of pyridine rings is 1. The largest absolute Gasteiger partial charge is 0.395 e. The Kier molecular flexibility index (Phi) is 8.60. The van der Waals surface area contributed by atoms with Crippen LogP contribution in [-0.4, -0.2) is 66.3 Å². The van der Waals surface area contributed by atoms with Gasteiger partial charge in [-0.15, -0.1) is 0 Å². The summed E-state index contributed by atoms with van der Waals surface area (Å²) in [6.07, 6.45) is -1.17. The molecule has 1 fully saturated rings. The summed E-state index contributed by atoms with van der Waals surface area (Å²) in [5.74, 6) is -1.43. The predicted octanol–water partition coefficient (Wildman–Crippen LogP) is 5.39. The number of alkyl halides is 3. The number of halogens is 3. The number of carbonyl (C=O) groups excluding carboxylic acids is 1. The summed E-state index contributed by atoms with van der Waals surface area (Å²) in [5, 5.41) is 7.68. The van der Waals surface area contributed by atoms with Crippen LogP contribution in [0.3, 0.4) is 0 Å². The number of nitrogens with one attached hydrogen (secondary N) is 1. The van der Waals surface area contributed by atoms with Crippen LogP contribution in [0.15, 0.2) is 71.9 Å². The molecule has 0 saturated heterocycles. The third-order valence-electron chi connectivity index (χ3n) is 8.62. The van der Waals surface area contributed by atoms with Crippen LogP contribution in [0.2, 0.25) is 0 Å². The van der Waals surface area contributed by atoms with Crippen molar-refractivity contribution in [3.63, 3.8) is 0 Å². The first-order valence-corrected chi connectivity index (χ1v) is 15.9. The number of benzene rings is 2. The van der Waals surface area contributed by atoms with Crippen LogP contribution in [-0.2, 0) is 21.2 Å². The molecule has 12 heteroatoms. The molecule has 1 aliphatic carbocycles. The first-order chi connectivity index (χ1) is 20.7. The molecule has 1 aliphatic rings. The lowest BCUT2D eigenvalue weighted by Gasteiger charge is -2.30. The molecule has 1 saturated carbocycles. The minimum absolute atomic E-state index is 0.00151. The molecule has 1 N–H and O–H groups in total. The number of rotatable bonds is 11. The maximum atomic E-state index is 14.1. The van der Waals surface area contributed by atoms with Gasteiger partial charge in [-0.3, -0.25) is 9.78 Å². The van der Waals surface area contributed by atoms with E-state index in [1.54, 1.807) is 49.4 Å². The summed E-state index contributed by atoms with van der Waals surface area (Å²) in [6, 6.07) is 15.0. The molecular weight excluding hydrogens is 591 g/mol. The fraction of sp³-hybridized carbons (Fsp3) is 0.406. The van der Waals surface area contributed by atoms with Crippen LogP contribution >= 0.6 is 0 Å². The molecule has 2 heterocycles. The van der Waals surface area contributed by atoms with Crippen molar-refractivity contribution in [1.82, 2.24) is 24.4 Å². The minimum Gasteiger partial charge on any atom is -0.355 e. The second kappa shape index (κ2) is 12.0. The molecule has 0 bridgehead atoms. The molecule has 2 aromatic heterocycles. The molecule has 234 valence electrons. The highest BCUT2D eigenvalue weighted by Crippen LogP contribution is 2.66. The number of likely N-dealkylation sites (N-methyl/N-ethyl adjacent to an activating group) is 1. The molecule has 4 aromatic rings. The van der Waals surface area contributed by atoms with E-state index in [2.05, 4.69) is 15.4 Å². The van der Waals surface area contributed by atoms with E-state index in [0.29, 0.717) is 28.6 Å². The zero-order chi connectivity index (χ0) is 31.9. The van der Waals surface area contributed by atoms with Gasteiger partial charge in [-0.1, -0.05) is 23.8 Å². The van der Waals surface area contributed by atoms with Crippen LogP contribution in [0.25, 0.3) is 10.9 Å². The van der Waals surface area contributed by atoms with Gasteiger partial charge in [-0.2, -0.15) is 30.8 Å². The SMILES string of the molecule is Cc1ccc(S(=O)(=O)n2ncc3cc(C[C@@H](CNC(=O)C[C@H](c4ccnc(C)c4)C4(C(F)(F)F)CC4)N(C)C)ccc32)cc1. The number of carbonyl (C=O) groups is 1. The van der Waals surface area contributed by atoms with E-state index in [9.17, 15) is 26.4 Å². The Balaban J connectivity index is 1.29. The summed E-state index contributed by atoms with van der Waals surface area (Å²) < 4.78 is 69.8. The number of amides is 1. The Labute approximate surface area is 255 Å². The maximum Gasteiger partial charge on any atom is 0.395 e. The summed E-state index contributed by atoms with van der Waals surface area (Å²) in [4.78, 5) is 19.3. The van der Waals surface area contributed by atoms with E-state index in [0.717, 1.165) is 15.2 Å². The van der Waals surface area contributed by atoms with Crippen LogP contribution in [0.5, 0.6) is 0 Å². The van der Waals surface area contributed by atoms with Crippen molar-refractivity contribution in [3.8, 4) is 0 Å². The smallest absolute Gasteiger partial charge is 0.355 e. The average molecular weight is 628 g/mol. The highest BCUT2D eigenvalue weighted by atomic mass is 32.2. The van der Waals surface area contributed by atoms with E-state index in [-0.39, 0.29) is 36.7 Å². The minimum atomic E-state index is -4.41. The fourth-order valence-electron chi connectivity index (χ4n) is 5.77. The Morgan fingerprint density at radius 2 is 1.77 bits per heavy atom. The predicted molar refractivity (Wildman–Crippen MR) is 162 cm³/mol. The molecule has 1 amide bonds. The van der Waals surface area contributed by atoms with Gasteiger partial charge >= 0.3 is 6.18 Å². The van der Waals surface area contributed by atoms with Gasteiger partial charge < -0.3 is 10.2 Å². The van der Waals surface area contributed by atoms with Gasteiger partial charge in [0.1, 0.15) is 0 Å². The molecule has 44 heavy (non-hydrogen) atoms. The van der Waals surface area contributed by atoms with Gasteiger partial charge in [0.15, 0.2) is 0 Å². The Morgan fingerprint density at radius 1 is 1.07 bits per heavy atom. The standard InChI is InChI=1S/C32H36F3N5O3S/c1-21-5-8-27(9-6-21)44(42,43)40-29-10-7-23(16-25(29)19-38-40)17-26(39(3)4)20-37-30(41)18-28(24-11-14-36-22(2)15-24)31(12-13-31)32(33,34)35/h5-11,14-16,19,26,28H,12-13,17-18,20H2,1-4H3,(H,37,41)/t26-,28+/m0/s1. The average Bonchev–Trinajstić information content (AvgIpc) is 3.67. The molecular formula is C32H36F3N5O3S. The Bertz CT molecular complexity index is 1760. The molecule has 5 rings (SSSR count). The van der Waals surface area contributed by atoms with Crippen molar-refractivity contribution < 1.29 is 26.4 Å². The number of aryl methyl sites for hydroxylation is 2. The van der Waals surface area contributed by atoms with E-state index >= 15 is 0 Å². The van der Waals surface area contributed by atoms with E-state index in [1.807, 2.05) is 38.1 Å². The van der Waals surface area contributed by atoms with Crippen molar-refractivity contribution >= 4 is 26.8 Å². The number of fused-ring (bicyclic) bond motifs is 1. The summed E-state index contributed by atoms with van der Waals surface area (Å²) >= 11 is 0. The van der Waals surface area contributed by atoms with Gasteiger partial charge in [0.2, 0.25) is 5.91 Å².